The van der Waals surface area contributed by atoms with Gasteiger partial charge in [0.2, 0.25) is 5.91 Å². The summed E-state index contributed by atoms with van der Waals surface area (Å²) < 4.78 is 0. The number of rotatable bonds is 6. The van der Waals surface area contributed by atoms with E-state index in [0.717, 1.165) is 17.3 Å². The van der Waals surface area contributed by atoms with Gasteiger partial charge in [0.15, 0.2) is 0 Å². The van der Waals surface area contributed by atoms with Crippen LogP contribution in [0.5, 0.6) is 0 Å². The van der Waals surface area contributed by atoms with Crippen LogP contribution in [0.1, 0.15) is 19.3 Å². The van der Waals surface area contributed by atoms with Crippen LogP contribution in [0.4, 0.5) is 0 Å². The molecule has 1 aromatic rings. The average Bonchev–Trinajstić information content (AvgIpc) is 2.91. The number of halogens is 1. The number of nitrogens with one attached hydrogen (secondary N) is 1. The Bertz CT molecular complexity index is 398. The summed E-state index contributed by atoms with van der Waals surface area (Å²) in [7, 11) is 0. The zero-order valence-corrected chi connectivity index (χ0v) is 12.6. The molecule has 19 heavy (non-hydrogen) atoms. The SMILES string of the molecule is O=C(CSc1ccccc1)NCC1CCCC1CCl. The van der Waals surface area contributed by atoms with Crippen LogP contribution in [-0.4, -0.2) is 24.1 Å². The van der Waals surface area contributed by atoms with E-state index in [9.17, 15) is 4.79 Å². The topological polar surface area (TPSA) is 29.1 Å². The number of carbonyl (C=O) groups excluding carboxylic acids is 1. The monoisotopic (exact) mass is 297 g/mol. The van der Waals surface area contributed by atoms with Crippen LogP contribution in [0.25, 0.3) is 0 Å². The maximum atomic E-state index is 11.8. The summed E-state index contributed by atoms with van der Waals surface area (Å²) in [4.78, 5) is 12.9. The van der Waals surface area contributed by atoms with Crippen molar-refractivity contribution < 1.29 is 4.79 Å². The van der Waals surface area contributed by atoms with Crippen LogP contribution in [0.2, 0.25) is 0 Å². The van der Waals surface area contributed by atoms with Gasteiger partial charge in [-0.1, -0.05) is 24.6 Å². The molecule has 2 atom stereocenters. The fourth-order valence-electron chi connectivity index (χ4n) is 2.55. The van der Waals surface area contributed by atoms with Crippen LogP contribution in [0, 0.1) is 11.8 Å². The van der Waals surface area contributed by atoms with E-state index < -0.39 is 0 Å². The van der Waals surface area contributed by atoms with Gasteiger partial charge in [0.25, 0.3) is 0 Å². The Labute approximate surface area is 124 Å². The molecule has 1 saturated carbocycles. The first-order valence-corrected chi connectivity index (χ1v) is 8.32. The molecule has 2 rings (SSSR count). The second-order valence-corrected chi connectivity index (χ2v) is 6.37. The average molecular weight is 298 g/mol. The second kappa shape index (κ2) is 7.81. The molecular formula is C15H20ClNOS. The summed E-state index contributed by atoms with van der Waals surface area (Å²) >= 11 is 7.52. The lowest BCUT2D eigenvalue weighted by Gasteiger charge is -2.17. The first-order valence-electron chi connectivity index (χ1n) is 6.80. The highest BCUT2D eigenvalue weighted by Gasteiger charge is 2.26. The number of thioether (sulfide) groups is 1. The molecule has 1 aliphatic rings. The van der Waals surface area contributed by atoms with Gasteiger partial charge in [-0.15, -0.1) is 23.4 Å². The van der Waals surface area contributed by atoms with Crippen molar-refractivity contribution in [3.63, 3.8) is 0 Å². The number of amides is 1. The molecule has 0 spiro atoms. The molecule has 2 nitrogen and oxygen atoms in total. The molecule has 0 bridgehead atoms. The van der Waals surface area contributed by atoms with E-state index in [1.54, 1.807) is 11.8 Å². The van der Waals surface area contributed by atoms with Gasteiger partial charge in [-0.3, -0.25) is 4.79 Å². The van der Waals surface area contributed by atoms with E-state index in [-0.39, 0.29) is 5.91 Å². The summed E-state index contributed by atoms with van der Waals surface area (Å²) in [5, 5.41) is 3.04. The van der Waals surface area contributed by atoms with E-state index in [1.807, 2.05) is 30.3 Å². The minimum absolute atomic E-state index is 0.120. The van der Waals surface area contributed by atoms with Crippen molar-refractivity contribution in [1.29, 1.82) is 0 Å². The molecule has 2 unspecified atom stereocenters. The van der Waals surface area contributed by atoms with Crippen molar-refractivity contribution in [1.82, 2.24) is 5.32 Å². The number of alkyl halides is 1. The third-order valence-electron chi connectivity index (χ3n) is 3.69. The highest BCUT2D eigenvalue weighted by molar-refractivity contribution is 8.00. The molecule has 1 aromatic carbocycles. The molecular weight excluding hydrogens is 278 g/mol. The van der Waals surface area contributed by atoms with Crippen molar-refractivity contribution in [2.24, 2.45) is 11.8 Å². The van der Waals surface area contributed by atoms with Gasteiger partial charge in [-0.05, 0) is 36.8 Å². The minimum atomic E-state index is 0.120. The van der Waals surface area contributed by atoms with Crippen molar-refractivity contribution in [2.75, 3.05) is 18.2 Å². The second-order valence-electron chi connectivity index (χ2n) is 5.01. The maximum absolute atomic E-state index is 11.8. The molecule has 1 amide bonds. The lowest BCUT2D eigenvalue weighted by Crippen LogP contribution is -2.32. The van der Waals surface area contributed by atoms with Gasteiger partial charge in [-0.25, -0.2) is 0 Å². The third kappa shape index (κ3) is 4.73. The number of benzene rings is 1. The molecule has 0 aromatic heterocycles. The van der Waals surface area contributed by atoms with Crippen LogP contribution in [0.15, 0.2) is 35.2 Å². The first-order chi connectivity index (χ1) is 9.29. The van der Waals surface area contributed by atoms with Crippen LogP contribution in [0.3, 0.4) is 0 Å². The summed E-state index contributed by atoms with van der Waals surface area (Å²) in [6, 6.07) is 10.0. The summed E-state index contributed by atoms with van der Waals surface area (Å²) in [6.07, 6.45) is 3.66. The highest BCUT2D eigenvalue weighted by atomic mass is 35.5. The highest BCUT2D eigenvalue weighted by Crippen LogP contribution is 2.31. The number of hydrogen-bond acceptors (Lipinski definition) is 2. The molecule has 0 saturated heterocycles. The molecule has 4 heteroatoms. The molecule has 1 N–H and O–H groups in total. The molecule has 1 fully saturated rings. The van der Waals surface area contributed by atoms with E-state index >= 15 is 0 Å². The molecule has 104 valence electrons. The van der Waals surface area contributed by atoms with Crippen molar-refractivity contribution >= 4 is 29.3 Å². The van der Waals surface area contributed by atoms with Gasteiger partial charge in [0.1, 0.15) is 0 Å². The van der Waals surface area contributed by atoms with Crippen LogP contribution in [-0.2, 0) is 4.79 Å². The molecule has 0 heterocycles. The minimum Gasteiger partial charge on any atom is -0.355 e. The van der Waals surface area contributed by atoms with E-state index in [2.05, 4.69) is 5.32 Å². The van der Waals surface area contributed by atoms with Crippen LogP contribution >= 0.6 is 23.4 Å². The fourth-order valence-corrected chi connectivity index (χ4v) is 3.70. The maximum Gasteiger partial charge on any atom is 0.230 e. The Morgan fingerprint density at radius 3 is 2.74 bits per heavy atom. The predicted molar refractivity (Wildman–Crippen MR) is 81.7 cm³/mol. The van der Waals surface area contributed by atoms with E-state index in [4.69, 9.17) is 11.6 Å². The van der Waals surface area contributed by atoms with E-state index in [1.165, 1.54) is 19.3 Å². The van der Waals surface area contributed by atoms with Gasteiger partial charge in [0.05, 0.1) is 5.75 Å². The van der Waals surface area contributed by atoms with Gasteiger partial charge in [0, 0.05) is 17.3 Å². The lowest BCUT2D eigenvalue weighted by molar-refractivity contribution is -0.118. The molecule has 1 aliphatic carbocycles. The smallest absolute Gasteiger partial charge is 0.230 e. The Kier molecular flexibility index (Phi) is 6.05. The summed E-state index contributed by atoms with van der Waals surface area (Å²) in [6.45, 7) is 0.783. The van der Waals surface area contributed by atoms with E-state index in [0.29, 0.717) is 17.6 Å². The lowest BCUT2D eigenvalue weighted by atomic mass is 9.98. The Morgan fingerprint density at radius 1 is 1.26 bits per heavy atom. The van der Waals surface area contributed by atoms with Crippen molar-refractivity contribution in [2.45, 2.75) is 24.2 Å². The van der Waals surface area contributed by atoms with Gasteiger partial charge >= 0.3 is 0 Å². The third-order valence-corrected chi connectivity index (χ3v) is 5.10. The standard InChI is InChI=1S/C15H20ClNOS/c16-9-12-5-4-6-13(12)10-17-15(18)11-19-14-7-2-1-3-8-14/h1-3,7-8,12-13H,4-6,9-11H2,(H,17,18). The Morgan fingerprint density at radius 2 is 2.00 bits per heavy atom. The quantitative estimate of drug-likeness (QED) is 0.643. The Hall–Kier alpha value is -0.670. The molecule has 0 radical (unpaired) electrons. The van der Waals surface area contributed by atoms with Gasteiger partial charge < -0.3 is 5.32 Å². The Balaban J connectivity index is 1.67. The van der Waals surface area contributed by atoms with Crippen LogP contribution < -0.4 is 5.32 Å². The van der Waals surface area contributed by atoms with Crippen molar-refractivity contribution in [3.05, 3.63) is 30.3 Å². The normalized spacial score (nSPS) is 22.4. The first kappa shape index (κ1) is 14.7. The summed E-state index contributed by atoms with van der Waals surface area (Å²) in [5.41, 5.74) is 0. The summed E-state index contributed by atoms with van der Waals surface area (Å²) in [5.74, 6) is 2.49. The zero-order valence-electron chi connectivity index (χ0n) is 11.0. The zero-order chi connectivity index (χ0) is 13.5. The molecule has 0 aliphatic heterocycles. The predicted octanol–water partition coefficient (Wildman–Crippen LogP) is 3.55. The fraction of sp³-hybridized carbons (Fsp3) is 0.533. The van der Waals surface area contributed by atoms with Gasteiger partial charge in [-0.2, -0.15) is 0 Å². The largest absolute Gasteiger partial charge is 0.355 e. The number of carbonyl (C=O) groups is 1. The number of hydrogen-bond donors (Lipinski definition) is 1. The van der Waals surface area contributed by atoms with Crippen molar-refractivity contribution in [3.8, 4) is 0 Å².